The van der Waals surface area contributed by atoms with Crippen molar-refractivity contribution < 1.29 is 9.53 Å². The number of hydrogen-bond acceptors (Lipinski definition) is 2. The maximum Gasteiger partial charge on any atom is 0.322 e. The number of amides is 2. The van der Waals surface area contributed by atoms with E-state index in [1.165, 1.54) is 5.56 Å². The molecule has 4 heteroatoms. The van der Waals surface area contributed by atoms with Gasteiger partial charge in [0.05, 0.1) is 12.1 Å². The summed E-state index contributed by atoms with van der Waals surface area (Å²) in [6.07, 6.45) is 3.25. The minimum absolute atomic E-state index is 0.00653. The highest BCUT2D eigenvalue weighted by atomic mass is 16.5. The summed E-state index contributed by atoms with van der Waals surface area (Å²) in [6.45, 7) is 3.61. The van der Waals surface area contributed by atoms with E-state index in [2.05, 4.69) is 11.4 Å². The number of carbonyl (C=O) groups is 1. The van der Waals surface area contributed by atoms with Crippen LogP contribution in [0.5, 0.6) is 0 Å². The number of fused-ring (bicyclic) bond motifs is 1. The largest absolute Gasteiger partial charge is 0.376 e. The number of nitrogens with zero attached hydrogens (tertiary/aromatic N) is 1. The Bertz CT molecular complexity index is 469. The minimum atomic E-state index is -0.00653. The number of benzene rings is 1. The van der Waals surface area contributed by atoms with E-state index in [1.54, 1.807) is 0 Å². The van der Waals surface area contributed by atoms with Crippen LogP contribution in [0.3, 0.4) is 0 Å². The molecule has 2 atom stereocenters. The number of urea groups is 1. The zero-order valence-electron chi connectivity index (χ0n) is 11.3. The zero-order chi connectivity index (χ0) is 13.2. The lowest BCUT2D eigenvalue weighted by Gasteiger charge is -2.24. The molecule has 1 saturated heterocycles. The van der Waals surface area contributed by atoms with Crippen molar-refractivity contribution in [2.75, 3.05) is 18.1 Å². The van der Waals surface area contributed by atoms with E-state index in [0.717, 1.165) is 38.1 Å². The first-order valence-corrected chi connectivity index (χ1v) is 7.03. The van der Waals surface area contributed by atoms with Gasteiger partial charge in [0.1, 0.15) is 0 Å². The van der Waals surface area contributed by atoms with Crippen molar-refractivity contribution in [3.05, 3.63) is 29.8 Å². The van der Waals surface area contributed by atoms with Crippen LogP contribution in [0.25, 0.3) is 0 Å². The Morgan fingerprint density at radius 3 is 3.11 bits per heavy atom. The van der Waals surface area contributed by atoms with E-state index in [1.807, 2.05) is 30.0 Å². The lowest BCUT2D eigenvalue weighted by molar-refractivity contribution is 0.0864. The first-order valence-electron chi connectivity index (χ1n) is 7.03. The highest BCUT2D eigenvalue weighted by Gasteiger charge is 2.28. The van der Waals surface area contributed by atoms with Crippen molar-refractivity contribution in [2.45, 2.75) is 38.3 Å². The zero-order valence-corrected chi connectivity index (χ0v) is 11.3. The molecule has 2 amide bonds. The van der Waals surface area contributed by atoms with Gasteiger partial charge in [-0.1, -0.05) is 18.2 Å². The Balaban J connectivity index is 1.65. The van der Waals surface area contributed by atoms with Crippen LogP contribution in [0.4, 0.5) is 10.5 Å². The highest BCUT2D eigenvalue weighted by Crippen LogP contribution is 2.27. The van der Waals surface area contributed by atoms with E-state index < -0.39 is 0 Å². The minimum Gasteiger partial charge on any atom is -0.376 e. The van der Waals surface area contributed by atoms with Crippen molar-refractivity contribution in [3.8, 4) is 0 Å². The third-order valence-electron chi connectivity index (χ3n) is 4.01. The van der Waals surface area contributed by atoms with Crippen molar-refractivity contribution in [2.24, 2.45) is 0 Å². The number of rotatable bonds is 2. The molecule has 1 aromatic carbocycles. The van der Waals surface area contributed by atoms with Crippen LogP contribution in [0.2, 0.25) is 0 Å². The predicted octanol–water partition coefficient (Wildman–Crippen LogP) is 2.33. The highest BCUT2D eigenvalue weighted by molar-refractivity contribution is 5.94. The van der Waals surface area contributed by atoms with E-state index >= 15 is 0 Å². The number of para-hydroxylation sites is 1. The van der Waals surface area contributed by atoms with Crippen LogP contribution in [-0.2, 0) is 11.2 Å². The third kappa shape index (κ3) is 2.45. The summed E-state index contributed by atoms with van der Waals surface area (Å²) >= 11 is 0. The van der Waals surface area contributed by atoms with E-state index in [0.29, 0.717) is 0 Å². The Kier molecular flexibility index (Phi) is 3.42. The fourth-order valence-corrected chi connectivity index (χ4v) is 2.91. The molecule has 2 aliphatic heterocycles. The van der Waals surface area contributed by atoms with Gasteiger partial charge in [-0.15, -0.1) is 0 Å². The summed E-state index contributed by atoms with van der Waals surface area (Å²) in [5.74, 6) is 0. The van der Waals surface area contributed by atoms with Gasteiger partial charge in [0.25, 0.3) is 0 Å². The molecule has 0 spiro atoms. The molecule has 2 aliphatic rings. The number of nitrogens with one attached hydrogen (secondary N) is 1. The quantitative estimate of drug-likeness (QED) is 0.886. The molecular weight excluding hydrogens is 240 g/mol. The number of anilines is 1. The van der Waals surface area contributed by atoms with Crippen LogP contribution in [0.15, 0.2) is 24.3 Å². The molecule has 3 rings (SSSR count). The van der Waals surface area contributed by atoms with Gasteiger partial charge in [0.2, 0.25) is 0 Å². The van der Waals surface area contributed by atoms with Gasteiger partial charge in [-0.05, 0) is 37.8 Å². The van der Waals surface area contributed by atoms with Gasteiger partial charge >= 0.3 is 6.03 Å². The number of carbonyl (C=O) groups excluding carboxylic acids is 1. The maximum absolute atomic E-state index is 12.3. The molecule has 0 bridgehead atoms. The van der Waals surface area contributed by atoms with Gasteiger partial charge in [0, 0.05) is 18.8 Å². The van der Waals surface area contributed by atoms with Crippen LogP contribution in [0.1, 0.15) is 25.3 Å². The number of ether oxygens (including phenoxy) is 1. The molecule has 19 heavy (non-hydrogen) atoms. The fourth-order valence-electron chi connectivity index (χ4n) is 2.91. The molecule has 0 aliphatic carbocycles. The summed E-state index contributed by atoms with van der Waals surface area (Å²) in [6, 6.07) is 8.17. The molecule has 0 radical (unpaired) electrons. The Morgan fingerprint density at radius 2 is 2.32 bits per heavy atom. The van der Waals surface area contributed by atoms with E-state index in [9.17, 15) is 4.79 Å². The van der Waals surface area contributed by atoms with Gasteiger partial charge in [0.15, 0.2) is 0 Å². The molecule has 2 heterocycles. The molecular formula is C15H20N2O2. The van der Waals surface area contributed by atoms with Crippen molar-refractivity contribution >= 4 is 11.7 Å². The second-order valence-corrected chi connectivity index (χ2v) is 5.32. The van der Waals surface area contributed by atoms with E-state index in [-0.39, 0.29) is 18.2 Å². The smallest absolute Gasteiger partial charge is 0.322 e. The Hall–Kier alpha value is -1.55. The molecule has 2 unspecified atom stereocenters. The van der Waals surface area contributed by atoms with Crippen molar-refractivity contribution in [3.63, 3.8) is 0 Å². The lowest BCUT2D eigenvalue weighted by Crippen LogP contribution is -2.47. The Morgan fingerprint density at radius 1 is 1.47 bits per heavy atom. The van der Waals surface area contributed by atoms with Gasteiger partial charge in [-0.3, -0.25) is 4.90 Å². The van der Waals surface area contributed by atoms with Crippen molar-refractivity contribution in [1.29, 1.82) is 0 Å². The SMILES string of the molecule is CC(NC(=O)N1CCc2ccccc21)C1CCCO1. The molecule has 1 N–H and O–H groups in total. The third-order valence-corrected chi connectivity index (χ3v) is 4.01. The monoisotopic (exact) mass is 260 g/mol. The average Bonchev–Trinajstić information content (AvgIpc) is 3.08. The standard InChI is InChI=1S/C15H20N2O2/c1-11(14-7-4-10-19-14)16-15(18)17-9-8-12-5-2-3-6-13(12)17/h2-3,5-6,11,14H,4,7-10H2,1H3,(H,16,18). The van der Waals surface area contributed by atoms with E-state index in [4.69, 9.17) is 4.74 Å². The second kappa shape index (κ2) is 5.21. The molecule has 1 aromatic rings. The topological polar surface area (TPSA) is 41.6 Å². The van der Waals surface area contributed by atoms with Crippen LogP contribution in [-0.4, -0.2) is 31.3 Å². The summed E-state index contributed by atoms with van der Waals surface area (Å²) < 4.78 is 5.61. The first kappa shape index (κ1) is 12.5. The summed E-state index contributed by atoms with van der Waals surface area (Å²) in [7, 11) is 0. The van der Waals surface area contributed by atoms with Gasteiger partial charge < -0.3 is 10.1 Å². The fraction of sp³-hybridized carbons (Fsp3) is 0.533. The predicted molar refractivity (Wildman–Crippen MR) is 74.5 cm³/mol. The summed E-state index contributed by atoms with van der Waals surface area (Å²) in [5.41, 5.74) is 2.29. The molecule has 0 aromatic heterocycles. The molecule has 0 saturated carbocycles. The summed E-state index contributed by atoms with van der Waals surface area (Å²) in [4.78, 5) is 14.2. The first-order chi connectivity index (χ1) is 9.25. The van der Waals surface area contributed by atoms with Gasteiger partial charge in [-0.2, -0.15) is 0 Å². The lowest BCUT2D eigenvalue weighted by atomic mass is 10.1. The normalized spacial score (nSPS) is 23.2. The molecule has 1 fully saturated rings. The maximum atomic E-state index is 12.3. The van der Waals surface area contributed by atoms with Crippen LogP contribution < -0.4 is 10.2 Å². The Labute approximate surface area is 113 Å². The summed E-state index contributed by atoms with van der Waals surface area (Å²) in [5, 5.41) is 3.07. The second-order valence-electron chi connectivity index (χ2n) is 5.32. The average molecular weight is 260 g/mol. The number of hydrogen-bond donors (Lipinski definition) is 1. The molecule has 102 valence electrons. The van der Waals surface area contributed by atoms with Crippen molar-refractivity contribution in [1.82, 2.24) is 5.32 Å². The van der Waals surface area contributed by atoms with Crippen LogP contribution in [0, 0.1) is 0 Å². The van der Waals surface area contributed by atoms with Crippen LogP contribution >= 0.6 is 0 Å². The van der Waals surface area contributed by atoms with Gasteiger partial charge in [-0.25, -0.2) is 4.79 Å². The molecule has 4 nitrogen and oxygen atoms in total.